The van der Waals surface area contributed by atoms with Crippen LogP contribution in [0.1, 0.15) is 39.2 Å². The Hall–Kier alpha value is -3.36. The van der Waals surface area contributed by atoms with Crippen LogP contribution in [0.3, 0.4) is 0 Å². The molecule has 1 aliphatic heterocycles. The number of aromatic nitrogens is 4. The molecule has 1 aromatic carbocycles. The van der Waals surface area contributed by atoms with Crippen molar-refractivity contribution in [3.05, 3.63) is 42.4 Å². The largest absolute Gasteiger partial charge is 0.444 e. The predicted octanol–water partition coefficient (Wildman–Crippen LogP) is 3.71. The lowest BCUT2D eigenvalue weighted by Crippen LogP contribution is -2.42. The van der Waals surface area contributed by atoms with E-state index in [0.717, 1.165) is 54.9 Å². The fraction of sp³-hybridized carbons (Fsp3) is 0.500. The molecule has 0 bridgehead atoms. The molecule has 2 aromatic heterocycles. The monoisotopic (exact) mass is 451 g/mol. The van der Waals surface area contributed by atoms with Crippen LogP contribution < -0.4 is 11.1 Å². The Morgan fingerprint density at radius 3 is 2.61 bits per heavy atom. The second kappa shape index (κ2) is 9.64. The van der Waals surface area contributed by atoms with E-state index in [1.54, 1.807) is 11.2 Å². The van der Waals surface area contributed by atoms with E-state index in [-0.39, 0.29) is 6.09 Å². The van der Waals surface area contributed by atoms with E-state index in [1.807, 2.05) is 55.9 Å². The molecule has 0 unspecified atom stereocenters. The number of carbonyl (C=O) groups is 1. The third-order valence-electron chi connectivity index (χ3n) is 5.75. The first kappa shape index (κ1) is 22.8. The zero-order chi connectivity index (χ0) is 23.4. The van der Waals surface area contributed by atoms with Gasteiger partial charge < -0.3 is 20.7 Å². The number of nitrogens with zero attached hydrogens (tertiary/aromatic N) is 5. The summed E-state index contributed by atoms with van der Waals surface area (Å²) in [4.78, 5) is 22.9. The third-order valence-corrected chi connectivity index (χ3v) is 5.75. The Kier molecular flexibility index (Phi) is 6.67. The maximum atomic E-state index is 12.3. The van der Waals surface area contributed by atoms with Crippen molar-refractivity contribution < 1.29 is 9.53 Å². The fourth-order valence-corrected chi connectivity index (χ4v) is 4.01. The number of nitrogens with one attached hydrogen (secondary N) is 1. The summed E-state index contributed by atoms with van der Waals surface area (Å²) in [6.07, 6.45) is 6.03. The molecular weight excluding hydrogens is 418 g/mol. The Bertz CT molecular complexity index is 1080. The molecule has 1 aliphatic rings. The fourth-order valence-electron chi connectivity index (χ4n) is 4.01. The van der Waals surface area contributed by atoms with Gasteiger partial charge in [-0.2, -0.15) is 5.10 Å². The number of nitrogens with two attached hydrogens (primary N) is 1. The van der Waals surface area contributed by atoms with Crippen molar-refractivity contribution in [3.8, 4) is 0 Å². The number of hydrogen-bond acceptors (Lipinski definition) is 7. The Morgan fingerprint density at radius 1 is 1.18 bits per heavy atom. The Morgan fingerprint density at radius 2 is 1.91 bits per heavy atom. The maximum Gasteiger partial charge on any atom is 0.410 e. The van der Waals surface area contributed by atoms with Gasteiger partial charge in [-0.3, -0.25) is 4.68 Å². The summed E-state index contributed by atoms with van der Waals surface area (Å²) in [5.74, 6) is 1.20. The highest BCUT2D eigenvalue weighted by Gasteiger charge is 2.27. The smallest absolute Gasteiger partial charge is 0.410 e. The SMILES string of the molecule is CC(C)(C)OC(=O)N1CCC(Cn2cc3ncnc(NCCc4ccc(N)cc4)c3n2)CC1. The molecule has 3 aromatic rings. The molecule has 33 heavy (non-hydrogen) atoms. The van der Waals surface area contributed by atoms with Crippen molar-refractivity contribution >= 4 is 28.6 Å². The minimum Gasteiger partial charge on any atom is -0.444 e. The van der Waals surface area contributed by atoms with Crippen molar-refractivity contribution in [2.75, 3.05) is 30.7 Å². The topological polar surface area (TPSA) is 111 Å². The van der Waals surface area contributed by atoms with Crippen LogP contribution in [-0.4, -0.2) is 56.0 Å². The zero-order valence-electron chi connectivity index (χ0n) is 19.6. The Balaban J connectivity index is 1.32. The second-order valence-corrected chi connectivity index (χ2v) is 9.64. The standard InChI is InChI=1S/C24H33N7O2/c1-24(2,3)33-23(32)30-12-9-18(10-13-30)14-31-15-20-21(29-31)22(28-16-27-20)26-11-8-17-4-6-19(25)7-5-17/h4-7,15-16,18H,8-14,25H2,1-3H3,(H,26,27,28). The summed E-state index contributed by atoms with van der Waals surface area (Å²) in [7, 11) is 0. The van der Waals surface area contributed by atoms with Crippen molar-refractivity contribution in [2.45, 2.75) is 52.2 Å². The molecule has 1 amide bonds. The number of fused-ring (bicyclic) bond motifs is 1. The average Bonchev–Trinajstić information content (AvgIpc) is 3.18. The molecule has 3 N–H and O–H groups in total. The number of anilines is 2. The van der Waals surface area contributed by atoms with Gasteiger partial charge in [-0.15, -0.1) is 0 Å². The van der Waals surface area contributed by atoms with Crippen LogP contribution in [0.2, 0.25) is 0 Å². The van der Waals surface area contributed by atoms with E-state index >= 15 is 0 Å². The molecule has 3 heterocycles. The number of ether oxygens (including phenoxy) is 1. The van der Waals surface area contributed by atoms with Crippen molar-refractivity contribution in [3.63, 3.8) is 0 Å². The molecule has 176 valence electrons. The minimum atomic E-state index is -0.467. The molecule has 1 fully saturated rings. The van der Waals surface area contributed by atoms with E-state index in [0.29, 0.717) is 19.0 Å². The first-order valence-electron chi connectivity index (χ1n) is 11.5. The summed E-state index contributed by atoms with van der Waals surface area (Å²) >= 11 is 0. The van der Waals surface area contributed by atoms with Gasteiger partial charge >= 0.3 is 6.09 Å². The molecule has 0 aliphatic carbocycles. The number of piperidine rings is 1. The second-order valence-electron chi connectivity index (χ2n) is 9.64. The van der Waals surface area contributed by atoms with Crippen LogP contribution in [0.5, 0.6) is 0 Å². The summed E-state index contributed by atoms with van der Waals surface area (Å²) in [5, 5.41) is 8.14. The van der Waals surface area contributed by atoms with Crippen LogP contribution in [0.25, 0.3) is 11.0 Å². The molecule has 9 heteroatoms. The summed E-state index contributed by atoms with van der Waals surface area (Å²) in [6, 6.07) is 7.90. The molecule has 9 nitrogen and oxygen atoms in total. The third kappa shape index (κ3) is 6.12. The lowest BCUT2D eigenvalue weighted by atomic mass is 9.97. The number of carbonyl (C=O) groups excluding carboxylic acids is 1. The average molecular weight is 452 g/mol. The highest BCUT2D eigenvalue weighted by molar-refractivity contribution is 5.84. The normalized spacial score (nSPS) is 15.1. The molecular formula is C24H33N7O2. The number of rotatable bonds is 6. The van der Waals surface area contributed by atoms with Gasteiger partial charge in [-0.25, -0.2) is 14.8 Å². The molecule has 4 rings (SSSR count). The molecule has 0 radical (unpaired) electrons. The van der Waals surface area contributed by atoms with E-state index in [1.165, 1.54) is 5.56 Å². The highest BCUT2D eigenvalue weighted by atomic mass is 16.6. The predicted molar refractivity (Wildman–Crippen MR) is 129 cm³/mol. The quantitative estimate of drug-likeness (QED) is 0.550. The summed E-state index contributed by atoms with van der Waals surface area (Å²) < 4.78 is 7.45. The van der Waals surface area contributed by atoms with Gasteiger partial charge in [0.1, 0.15) is 17.4 Å². The Labute approximate surface area is 194 Å². The number of benzene rings is 1. The maximum absolute atomic E-state index is 12.3. The van der Waals surface area contributed by atoms with Gasteiger partial charge in [0.2, 0.25) is 0 Å². The van der Waals surface area contributed by atoms with Crippen LogP contribution in [0, 0.1) is 5.92 Å². The first-order chi connectivity index (χ1) is 15.8. The lowest BCUT2D eigenvalue weighted by Gasteiger charge is -2.33. The van der Waals surface area contributed by atoms with Gasteiger partial charge in [0.05, 0.1) is 6.20 Å². The summed E-state index contributed by atoms with van der Waals surface area (Å²) in [5.41, 5.74) is 8.87. The molecule has 0 atom stereocenters. The van der Waals surface area contributed by atoms with E-state index in [9.17, 15) is 4.79 Å². The highest BCUT2D eigenvalue weighted by Crippen LogP contribution is 2.23. The molecule has 1 saturated heterocycles. The van der Waals surface area contributed by atoms with Crippen LogP contribution in [-0.2, 0) is 17.7 Å². The number of hydrogen-bond donors (Lipinski definition) is 2. The zero-order valence-corrected chi connectivity index (χ0v) is 19.6. The summed E-state index contributed by atoms with van der Waals surface area (Å²) in [6.45, 7) is 8.63. The van der Waals surface area contributed by atoms with E-state index < -0.39 is 5.60 Å². The lowest BCUT2D eigenvalue weighted by molar-refractivity contribution is 0.0177. The van der Waals surface area contributed by atoms with Crippen LogP contribution in [0.4, 0.5) is 16.3 Å². The van der Waals surface area contributed by atoms with Crippen LogP contribution >= 0.6 is 0 Å². The number of amides is 1. The van der Waals surface area contributed by atoms with Gasteiger partial charge in [-0.05, 0) is 63.6 Å². The number of likely N-dealkylation sites (tertiary alicyclic amines) is 1. The van der Waals surface area contributed by atoms with Crippen molar-refractivity contribution in [1.82, 2.24) is 24.6 Å². The molecule has 0 saturated carbocycles. The van der Waals surface area contributed by atoms with Gasteiger partial charge in [0.25, 0.3) is 0 Å². The van der Waals surface area contributed by atoms with E-state index in [2.05, 4.69) is 15.3 Å². The van der Waals surface area contributed by atoms with Crippen LogP contribution in [0.15, 0.2) is 36.8 Å². The first-order valence-corrected chi connectivity index (χ1v) is 11.5. The van der Waals surface area contributed by atoms with Gasteiger partial charge in [0.15, 0.2) is 11.3 Å². The van der Waals surface area contributed by atoms with Crippen molar-refractivity contribution in [2.24, 2.45) is 5.92 Å². The molecule has 0 spiro atoms. The van der Waals surface area contributed by atoms with Gasteiger partial charge in [0, 0.05) is 31.9 Å². The van der Waals surface area contributed by atoms with Gasteiger partial charge in [-0.1, -0.05) is 12.1 Å². The number of nitrogen functional groups attached to an aromatic ring is 1. The van der Waals surface area contributed by atoms with Crippen molar-refractivity contribution in [1.29, 1.82) is 0 Å². The minimum absolute atomic E-state index is 0.226. The van der Waals surface area contributed by atoms with E-state index in [4.69, 9.17) is 15.6 Å².